The van der Waals surface area contributed by atoms with Gasteiger partial charge in [0, 0.05) is 18.8 Å². The first-order valence-electron chi connectivity index (χ1n) is 4.32. The molecule has 4 heteroatoms. The first-order valence-corrected chi connectivity index (χ1v) is 4.32. The van der Waals surface area contributed by atoms with Crippen molar-refractivity contribution in [3.05, 3.63) is 36.2 Å². The van der Waals surface area contributed by atoms with Crippen LogP contribution in [0.4, 0.5) is 5.69 Å². The lowest BCUT2D eigenvalue weighted by Gasteiger charge is -2.04. The smallest absolute Gasteiger partial charge is 0.248 e. The number of rotatable bonds is 3. The zero-order chi connectivity index (χ0) is 10.4. The van der Waals surface area contributed by atoms with Gasteiger partial charge in [-0.05, 0) is 18.6 Å². The third-order valence-electron chi connectivity index (χ3n) is 1.70. The summed E-state index contributed by atoms with van der Waals surface area (Å²) in [5, 5.41) is 2.70. The molecule has 1 amide bonds. The average molecular weight is 191 g/mol. The molecule has 1 aromatic heterocycles. The Bertz CT molecular complexity index is 347. The minimum absolute atomic E-state index is 0.188. The van der Waals surface area contributed by atoms with E-state index in [1.165, 1.54) is 6.08 Å². The molecule has 0 aliphatic heterocycles. The van der Waals surface area contributed by atoms with E-state index < -0.39 is 0 Å². The van der Waals surface area contributed by atoms with Gasteiger partial charge < -0.3 is 11.1 Å². The van der Waals surface area contributed by atoms with E-state index in [9.17, 15) is 4.79 Å². The summed E-state index contributed by atoms with van der Waals surface area (Å²) in [6, 6.07) is 1.84. The first kappa shape index (κ1) is 10.4. The van der Waals surface area contributed by atoms with Crippen molar-refractivity contribution < 1.29 is 4.79 Å². The van der Waals surface area contributed by atoms with Crippen molar-refractivity contribution in [3.63, 3.8) is 0 Å². The third kappa shape index (κ3) is 2.99. The number of aryl methyl sites for hydroxylation is 1. The lowest BCUT2D eigenvalue weighted by atomic mass is 10.2. The number of nitrogens with zero attached hydrogens (tertiary/aromatic N) is 1. The van der Waals surface area contributed by atoms with Crippen LogP contribution in [-0.2, 0) is 4.79 Å². The maximum atomic E-state index is 11.2. The summed E-state index contributed by atoms with van der Waals surface area (Å²) in [4.78, 5) is 15.2. The molecule has 74 valence electrons. The predicted molar refractivity (Wildman–Crippen MR) is 55.8 cm³/mol. The Hall–Kier alpha value is -1.68. The van der Waals surface area contributed by atoms with Crippen LogP contribution in [0.5, 0.6) is 0 Å². The summed E-state index contributed by atoms with van der Waals surface area (Å²) in [7, 11) is 0. The van der Waals surface area contributed by atoms with Crippen LogP contribution in [0, 0.1) is 6.92 Å². The molecule has 0 aliphatic rings. The van der Waals surface area contributed by atoms with Gasteiger partial charge in [-0.15, -0.1) is 0 Å². The summed E-state index contributed by atoms with van der Waals surface area (Å²) in [6.07, 6.45) is 6.30. The minimum Gasteiger partial charge on any atom is -0.327 e. The quantitative estimate of drug-likeness (QED) is 0.696. The molecule has 0 atom stereocenters. The topological polar surface area (TPSA) is 68.0 Å². The highest BCUT2D eigenvalue weighted by Gasteiger charge is 1.99. The number of carbonyl (C=O) groups excluding carboxylic acids is 1. The summed E-state index contributed by atoms with van der Waals surface area (Å²) in [5.74, 6) is -0.188. The lowest BCUT2D eigenvalue weighted by molar-refractivity contribution is -0.111. The van der Waals surface area contributed by atoms with E-state index in [2.05, 4.69) is 10.3 Å². The molecule has 0 bridgehead atoms. The highest BCUT2D eigenvalue weighted by molar-refractivity contribution is 5.99. The van der Waals surface area contributed by atoms with Crippen molar-refractivity contribution in [1.82, 2.24) is 4.98 Å². The fourth-order valence-corrected chi connectivity index (χ4v) is 0.944. The van der Waals surface area contributed by atoms with Crippen LogP contribution in [-0.4, -0.2) is 17.4 Å². The number of hydrogen-bond acceptors (Lipinski definition) is 3. The molecule has 0 fully saturated rings. The Morgan fingerprint density at radius 2 is 2.50 bits per heavy atom. The Kier molecular flexibility index (Phi) is 3.82. The molecule has 0 spiro atoms. The second kappa shape index (κ2) is 5.14. The van der Waals surface area contributed by atoms with E-state index >= 15 is 0 Å². The zero-order valence-corrected chi connectivity index (χ0v) is 8.03. The molecule has 3 N–H and O–H groups in total. The van der Waals surface area contributed by atoms with Crippen molar-refractivity contribution in [1.29, 1.82) is 0 Å². The molecule has 0 radical (unpaired) electrons. The van der Waals surface area contributed by atoms with Gasteiger partial charge in [-0.2, -0.15) is 0 Å². The van der Waals surface area contributed by atoms with Crippen molar-refractivity contribution in [3.8, 4) is 0 Å². The molecular weight excluding hydrogens is 178 g/mol. The van der Waals surface area contributed by atoms with Gasteiger partial charge >= 0.3 is 0 Å². The summed E-state index contributed by atoms with van der Waals surface area (Å²) < 4.78 is 0. The van der Waals surface area contributed by atoms with Gasteiger partial charge in [0.1, 0.15) is 0 Å². The third-order valence-corrected chi connectivity index (χ3v) is 1.70. The highest BCUT2D eigenvalue weighted by atomic mass is 16.1. The van der Waals surface area contributed by atoms with Crippen LogP contribution < -0.4 is 11.1 Å². The maximum Gasteiger partial charge on any atom is 0.248 e. The molecule has 4 nitrogen and oxygen atoms in total. The molecular formula is C10H13N3O. The van der Waals surface area contributed by atoms with Crippen LogP contribution >= 0.6 is 0 Å². The fourth-order valence-electron chi connectivity index (χ4n) is 0.944. The number of pyridine rings is 1. The van der Waals surface area contributed by atoms with Gasteiger partial charge in [0.25, 0.3) is 0 Å². The number of nitrogens with two attached hydrogens (primary N) is 1. The zero-order valence-electron chi connectivity index (χ0n) is 8.03. The molecule has 1 rings (SSSR count). The Balaban J connectivity index is 2.65. The number of aromatic nitrogens is 1. The van der Waals surface area contributed by atoms with E-state index in [1.807, 2.05) is 13.0 Å². The molecule has 0 saturated heterocycles. The number of amides is 1. The van der Waals surface area contributed by atoms with Gasteiger partial charge in [-0.25, -0.2) is 0 Å². The van der Waals surface area contributed by atoms with Gasteiger partial charge in [0.05, 0.1) is 11.9 Å². The molecule has 1 heterocycles. The van der Waals surface area contributed by atoms with Gasteiger partial charge in [0.15, 0.2) is 0 Å². The fraction of sp³-hybridized carbons (Fsp3) is 0.200. The minimum atomic E-state index is -0.188. The summed E-state index contributed by atoms with van der Waals surface area (Å²) in [5.41, 5.74) is 6.92. The van der Waals surface area contributed by atoms with E-state index in [4.69, 9.17) is 5.73 Å². The SMILES string of the molecule is Cc1ccncc1NC(=O)/C=C/CN. The molecule has 0 unspecified atom stereocenters. The van der Waals surface area contributed by atoms with Crippen molar-refractivity contribution in [2.75, 3.05) is 11.9 Å². The van der Waals surface area contributed by atoms with Crippen LogP contribution in [0.15, 0.2) is 30.6 Å². The summed E-state index contributed by atoms with van der Waals surface area (Å²) in [6.45, 7) is 2.27. The Labute approximate surface area is 82.8 Å². The monoisotopic (exact) mass is 191 g/mol. The largest absolute Gasteiger partial charge is 0.327 e. The Morgan fingerprint density at radius 1 is 1.71 bits per heavy atom. The standard InChI is InChI=1S/C10H13N3O/c1-8-4-6-12-7-9(8)13-10(14)3-2-5-11/h2-4,6-7H,5,11H2,1H3,(H,13,14)/b3-2+. The lowest BCUT2D eigenvalue weighted by Crippen LogP contribution is -2.10. The molecule has 14 heavy (non-hydrogen) atoms. The Morgan fingerprint density at radius 3 is 3.14 bits per heavy atom. The van der Waals surface area contributed by atoms with Gasteiger partial charge in [0.2, 0.25) is 5.91 Å². The van der Waals surface area contributed by atoms with Gasteiger partial charge in [-0.1, -0.05) is 6.08 Å². The molecule has 0 aliphatic carbocycles. The number of nitrogens with one attached hydrogen (secondary N) is 1. The molecule has 1 aromatic rings. The second-order valence-electron chi connectivity index (χ2n) is 2.82. The average Bonchev–Trinajstić information content (AvgIpc) is 2.18. The summed E-state index contributed by atoms with van der Waals surface area (Å²) >= 11 is 0. The number of hydrogen-bond donors (Lipinski definition) is 2. The number of carbonyl (C=O) groups is 1. The maximum absolute atomic E-state index is 11.2. The molecule has 0 aromatic carbocycles. The van der Waals surface area contributed by atoms with E-state index in [1.54, 1.807) is 18.5 Å². The van der Waals surface area contributed by atoms with Crippen LogP contribution in [0.3, 0.4) is 0 Å². The number of anilines is 1. The second-order valence-corrected chi connectivity index (χ2v) is 2.82. The van der Waals surface area contributed by atoms with E-state index in [0.29, 0.717) is 6.54 Å². The predicted octanol–water partition coefficient (Wildman–Crippen LogP) is 0.843. The highest BCUT2D eigenvalue weighted by Crippen LogP contribution is 2.10. The van der Waals surface area contributed by atoms with Crippen LogP contribution in [0.1, 0.15) is 5.56 Å². The van der Waals surface area contributed by atoms with Crippen molar-refractivity contribution in [2.24, 2.45) is 5.73 Å². The first-order chi connectivity index (χ1) is 6.74. The van der Waals surface area contributed by atoms with Crippen LogP contribution in [0.2, 0.25) is 0 Å². The van der Waals surface area contributed by atoms with E-state index in [-0.39, 0.29) is 5.91 Å². The molecule has 0 saturated carbocycles. The normalized spacial score (nSPS) is 10.4. The van der Waals surface area contributed by atoms with Crippen molar-refractivity contribution in [2.45, 2.75) is 6.92 Å². The van der Waals surface area contributed by atoms with Crippen molar-refractivity contribution >= 4 is 11.6 Å². The van der Waals surface area contributed by atoms with Crippen LogP contribution in [0.25, 0.3) is 0 Å². The van der Waals surface area contributed by atoms with Gasteiger partial charge in [-0.3, -0.25) is 9.78 Å². The van der Waals surface area contributed by atoms with E-state index in [0.717, 1.165) is 11.3 Å².